The molecule has 11 heteroatoms. The first-order chi connectivity index (χ1) is 20.7. The first-order valence-corrected chi connectivity index (χ1v) is 14.5. The molecule has 5 N–H and O–H groups in total. The lowest BCUT2D eigenvalue weighted by molar-refractivity contribution is -0.137. The summed E-state index contributed by atoms with van der Waals surface area (Å²) in [7, 11) is 5.10. The molecule has 0 aromatic heterocycles. The van der Waals surface area contributed by atoms with Crippen LogP contribution in [-0.4, -0.2) is 39.7 Å². The highest BCUT2D eigenvalue weighted by molar-refractivity contribution is 5.94. The minimum Gasteiger partial charge on any atom is -0.388 e. The molecule has 0 spiro atoms. The van der Waals surface area contributed by atoms with Gasteiger partial charge in [-0.2, -0.15) is 18.3 Å². The Balaban J connectivity index is 0.000000738. The van der Waals surface area contributed by atoms with Gasteiger partial charge < -0.3 is 26.7 Å². The molecule has 2 aromatic carbocycles. The molecule has 242 valence electrons. The van der Waals surface area contributed by atoms with E-state index >= 15 is 0 Å². The van der Waals surface area contributed by atoms with Crippen LogP contribution in [0.3, 0.4) is 0 Å². The molecule has 1 amide bonds. The number of nitrogens with zero attached hydrogens (tertiary/aromatic N) is 4. The van der Waals surface area contributed by atoms with E-state index in [1.165, 1.54) is 31.4 Å². The van der Waals surface area contributed by atoms with Crippen molar-refractivity contribution in [3.63, 3.8) is 0 Å². The third-order valence-electron chi connectivity index (χ3n) is 7.27. The normalized spacial score (nSPS) is 13.4. The maximum absolute atomic E-state index is 13.7. The lowest BCUT2D eigenvalue weighted by Gasteiger charge is -2.29. The molecule has 0 atom stereocenters. The van der Waals surface area contributed by atoms with Gasteiger partial charge in [-0.25, -0.2) is 4.99 Å². The smallest absolute Gasteiger partial charge is 0.388 e. The van der Waals surface area contributed by atoms with Crippen molar-refractivity contribution >= 4 is 30.0 Å². The summed E-state index contributed by atoms with van der Waals surface area (Å²) < 4.78 is 41.0. The number of carbonyl (C=O) groups excluding carboxylic acids is 1. The van der Waals surface area contributed by atoms with Crippen molar-refractivity contribution < 1.29 is 18.0 Å². The molecule has 0 radical (unpaired) electrons. The molecule has 0 heterocycles. The second kappa shape index (κ2) is 18.4. The number of halogens is 3. The van der Waals surface area contributed by atoms with Crippen LogP contribution in [0.4, 0.5) is 24.5 Å². The number of nitrogens with two attached hydrogens (primary N) is 2. The van der Waals surface area contributed by atoms with Crippen molar-refractivity contribution in [2.24, 2.45) is 21.7 Å². The number of alkyl halides is 3. The first kappa shape index (κ1) is 37.7. The van der Waals surface area contributed by atoms with Gasteiger partial charge in [0.25, 0.3) is 5.91 Å². The molecular formula is C33H48F3N7O. The molecule has 3 rings (SSSR count). The largest absolute Gasteiger partial charge is 0.416 e. The zero-order valence-electron chi connectivity index (χ0n) is 27.2. The Morgan fingerprint density at radius 3 is 2.07 bits per heavy atom. The molecule has 0 fully saturated rings. The maximum Gasteiger partial charge on any atom is 0.416 e. The topological polar surface area (TPSA) is 112 Å². The summed E-state index contributed by atoms with van der Waals surface area (Å²) in [5, 5.41) is 5.46. The van der Waals surface area contributed by atoms with Gasteiger partial charge in [-0.1, -0.05) is 36.3 Å². The van der Waals surface area contributed by atoms with Crippen molar-refractivity contribution in [3.05, 3.63) is 81.6 Å². The third kappa shape index (κ3) is 11.8. The number of aryl methyl sites for hydroxylation is 1. The fourth-order valence-electron chi connectivity index (χ4n) is 4.43. The van der Waals surface area contributed by atoms with Crippen LogP contribution in [0.2, 0.25) is 0 Å². The number of hydrazone groups is 1. The average molecular weight is 616 g/mol. The van der Waals surface area contributed by atoms with Gasteiger partial charge in [0.15, 0.2) is 0 Å². The van der Waals surface area contributed by atoms with Crippen molar-refractivity contribution in [2.45, 2.75) is 73.0 Å². The highest BCUT2D eigenvalue weighted by Gasteiger charge is 2.33. The Morgan fingerprint density at radius 1 is 1.09 bits per heavy atom. The van der Waals surface area contributed by atoms with Crippen LogP contribution in [0, 0.1) is 0 Å². The van der Waals surface area contributed by atoms with Crippen molar-refractivity contribution in [1.29, 1.82) is 0 Å². The van der Waals surface area contributed by atoms with Crippen molar-refractivity contribution in [2.75, 3.05) is 30.9 Å². The monoisotopic (exact) mass is 615 g/mol. The lowest BCUT2D eigenvalue weighted by atomic mass is 10.0. The van der Waals surface area contributed by atoms with Gasteiger partial charge in [0.05, 0.1) is 23.3 Å². The van der Waals surface area contributed by atoms with Gasteiger partial charge in [-0.3, -0.25) is 4.79 Å². The van der Waals surface area contributed by atoms with Crippen LogP contribution in [-0.2, 0) is 19.1 Å². The van der Waals surface area contributed by atoms with Gasteiger partial charge in [0, 0.05) is 38.9 Å². The number of nitrogens with one attached hydrogen (secondary N) is 1. The number of hydrogen-bond donors (Lipinski definition) is 3. The van der Waals surface area contributed by atoms with Crippen LogP contribution in [0.25, 0.3) is 0 Å². The van der Waals surface area contributed by atoms with E-state index in [0.717, 1.165) is 17.6 Å². The van der Waals surface area contributed by atoms with Crippen LogP contribution in [0.1, 0.15) is 80.9 Å². The minimum atomic E-state index is -4.46. The summed E-state index contributed by atoms with van der Waals surface area (Å²) in [6.45, 7) is 10.4. The van der Waals surface area contributed by atoms with E-state index in [2.05, 4.69) is 40.8 Å². The molecule has 0 saturated heterocycles. The molecule has 1 aliphatic rings. The van der Waals surface area contributed by atoms with Crippen LogP contribution >= 0.6 is 0 Å². The molecule has 44 heavy (non-hydrogen) atoms. The highest BCUT2D eigenvalue weighted by atomic mass is 19.4. The lowest BCUT2D eigenvalue weighted by Crippen LogP contribution is -2.24. The number of aliphatic imine (C=N–C) groups is 1. The Bertz CT molecular complexity index is 1310. The standard InChI is InChI=1S/C25H31F3N4O.C7H12.CH5N3/c1-7-17(3)30-16-32(6)23-19(8-2)13-21(25(26,27)28)14-22(23)31(5)15-18-9-11-20(12-10-18)24(33)29-4;1-6-4-3-5-7(6)2;2-1-4-3/h7,9-14,16H,8,15H2,1-6H3,(H,29,33);3-5H2,1-2H3;1H,3H2,(H2,2,4)/b17-7+,30-16?;;. The van der Waals surface area contributed by atoms with E-state index in [1.54, 1.807) is 72.7 Å². The van der Waals surface area contributed by atoms with Crippen molar-refractivity contribution in [1.82, 2.24) is 5.32 Å². The Kier molecular flexibility index (Phi) is 15.8. The predicted molar refractivity (Wildman–Crippen MR) is 178 cm³/mol. The first-order valence-electron chi connectivity index (χ1n) is 14.5. The second-order valence-electron chi connectivity index (χ2n) is 10.5. The summed E-state index contributed by atoms with van der Waals surface area (Å²) >= 11 is 0. The summed E-state index contributed by atoms with van der Waals surface area (Å²) in [5.74, 6) is 4.28. The summed E-state index contributed by atoms with van der Waals surface area (Å²) in [5.41, 5.74) is 11.1. The molecular weight excluding hydrogens is 567 g/mol. The minimum absolute atomic E-state index is 0.194. The number of amides is 1. The molecule has 1 aliphatic carbocycles. The molecule has 0 bridgehead atoms. The third-order valence-corrected chi connectivity index (χ3v) is 7.27. The molecule has 2 aromatic rings. The number of hydrogen-bond acceptors (Lipinski definition) is 5. The van der Waals surface area contributed by atoms with Gasteiger partial charge in [-0.15, -0.1) is 0 Å². The van der Waals surface area contributed by atoms with Crippen molar-refractivity contribution in [3.8, 4) is 0 Å². The van der Waals surface area contributed by atoms with Crippen LogP contribution < -0.4 is 26.7 Å². The predicted octanol–water partition coefficient (Wildman–Crippen LogP) is 7.01. The molecule has 8 nitrogen and oxygen atoms in total. The Morgan fingerprint density at radius 2 is 1.66 bits per heavy atom. The number of benzene rings is 2. The molecule has 0 aliphatic heterocycles. The van der Waals surface area contributed by atoms with E-state index < -0.39 is 11.7 Å². The van der Waals surface area contributed by atoms with E-state index in [0.29, 0.717) is 35.5 Å². The Hall–Kier alpha value is -4.28. The van der Waals surface area contributed by atoms with E-state index in [9.17, 15) is 18.0 Å². The van der Waals surface area contributed by atoms with Gasteiger partial charge in [0.1, 0.15) is 6.34 Å². The summed E-state index contributed by atoms with van der Waals surface area (Å²) in [6, 6.07) is 9.39. The Labute approximate surface area is 260 Å². The quantitative estimate of drug-likeness (QED) is 0.0973. The number of allylic oxidation sites excluding steroid dienone is 4. The van der Waals surface area contributed by atoms with E-state index in [-0.39, 0.29) is 5.91 Å². The fourth-order valence-corrected chi connectivity index (χ4v) is 4.43. The fraction of sp³-hybridized carbons (Fsp3) is 0.424. The number of rotatable bonds is 8. The van der Waals surface area contributed by atoms with Crippen LogP contribution in [0.15, 0.2) is 69.4 Å². The summed E-state index contributed by atoms with van der Waals surface area (Å²) in [4.78, 5) is 19.7. The highest BCUT2D eigenvalue weighted by Crippen LogP contribution is 2.40. The molecule has 0 saturated carbocycles. The van der Waals surface area contributed by atoms with E-state index in [4.69, 9.17) is 0 Å². The molecule has 0 unspecified atom stereocenters. The van der Waals surface area contributed by atoms with Gasteiger partial charge in [-0.05, 0) is 88.8 Å². The van der Waals surface area contributed by atoms with Crippen LogP contribution in [0.5, 0.6) is 0 Å². The SMILES string of the molecule is C/C=C(\C)N=CN(C)c1c(CC)cc(C(F)(F)F)cc1N(C)Cc1ccc(C(=O)NC)cc1.CC1=C(C)CCC1.N/C=N\N. The number of carbonyl (C=O) groups is 1. The number of anilines is 2. The second-order valence-corrected chi connectivity index (χ2v) is 10.5. The zero-order chi connectivity index (χ0) is 33.4. The van der Waals surface area contributed by atoms with E-state index in [1.807, 2.05) is 26.8 Å². The average Bonchev–Trinajstić information content (AvgIpc) is 3.40. The zero-order valence-corrected chi connectivity index (χ0v) is 27.2. The maximum atomic E-state index is 13.7. The van der Waals surface area contributed by atoms with Gasteiger partial charge in [0.2, 0.25) is 0 Å². The van der Waals surface area contributed by atoms with Gasteiger partial charge >= 0.3 is 6.18 Å². The summed E-state index contributed by atoms with van der Waals surface area (Å²) in [6.07, 6.45) is 4.58.